The summed E-state index contributed by atoms with van der Waals surface area (Å²) < 4.78 is 12.6. The second kappa shape index (κ2) is 10.00. The van der Waals surface area contributed by atoms with Crippen LogP contribution in [0.15, 0.2) is 46.6 Å². The minimum atomic E-state index is -0.418. The molecule has 0 aliphatic carbocycles. The number of halogens is 2. The molecule has 1 aliphatic rings. The smallest absolute Gasteiger partial charge is 0.329 e. The van der Waals surface area contributed by atoms with E-state index in [0.717, 1.165) is 10.0 Å². The number of amides is 3. The van der Waals surface area contributed by atoms with E-state index in [1.54, 1.807) is 18.2 Å². The second-order valence-electron chi connectivity index (χ2n) is 6.62. The maximum atomic E-state index is 12.4. The van der Waals surface area contributed by atoms with Crippen molar-refractivity contribution in [2.45, 2.75) is 26.9 Å². The third-order valence-electron chi connectivity index (χ3n) is 4.35. The Labute approximate surface area is 188 Å². The second-order valence-corrected chi connectivity index (χ2v) is 7.95. The summed E-state index contributed by atoms with van der Waals surface area (Å²) in [5.74, 6) is 0.542. The molecule has 158 valence electrons. The van der Waals surface area contributed by atoms with Crippen molar-refractivity contribution in [3.63, 3.8) is 0 Å². The topological polar surface area (TPSA) is 67.9 Å². The molecule has 3 amide bonds. The molecule has 0 bridgehead atoms. The Hall–Kier alpha value is -2.51. The molecule has 0 aromatic heterocycles. The van der Waals surface area contributed by atoms with E-state index in [2.05, 4.69) is 21.2 Å². The van der Waals surface area contributed by atoms with Gasteiger partial charge in [-0.15, -0.1) is 0 Å². The van der Waals surface area contributed by atoms with E-state index in [0.29, 0.717) is 48.3 Å². The van der Waals surface area contributed by atoms with Crippen molar-refractivity contribution >= 4 is 45.5 Å². The number of carbonyl (C=O) groups excluding carboxylic acids is 2. The fourth-order valence-corrected chi connectivity index (χ4v) is 3.51. The van der Waals surface area contributed by atoms with E-state index in [-0.39, 0.29) is 11.6 Å². The van der Waals surface area contributed by atoms with Crippen LogP contribution in [0.1, 0.15) is 31.4 Å². The molecule has 2 aromatic carbocycles. The van der Waals surface area contributed by atoms with Gasteiger partial charge >= 0.3 is 6.03 Å². The minimum absolute atomic E-state index is 0.204. The van der Waals surface area contributed by atoms with Crippen molar-refractivity contribution in [1.29, 1.82) is 0 Å². The average molecular weight is 494 g/mol. The van der Waals surface area contributed by atoms with Gasteiger partial charge in [-0.3, -0.25) is 9.69 Å². The molecule has 3 rings (SSSR count). The number of hydrogen-bond donors (Lipinski definition) is 1. The van der Waals surface area contributed by atoms with Crippen molar-refractivity contribution in [3.05, 3.63) is 62.7 Å². The highest BCUT2D eigenvalue weighted by Crippen LogP contribution is 2.38. The molecule has 1 fully saturated rings. The average Bonchev–Trinajstić information content (AvgIpc) is 2.97. The highest BCUT2D eigenvalue weighted by Gasteiger charge is 2.32. The Morgan fingerprint density at radius 3 is 2.53 bits per heavy atom. The van der Waals surface area contributed by atoms with Gasteiger partial charge in [0.1, 0.15) is 12.3 Å². The molecule has 0 atom stereocenters. The fourth-order valence-electron chi connectivity index (χ4n) is 2.98. The summed E-state index contributed by atoms with van der Waals surface area (Å²) in [6.45, 7) is 4.89. The zero-order valence-corrected chi connectivity index (χ0v) is 19.0. The van der Waals surface area contributed by atoms with E-state index in [1.807, 2.05) is 38.1 Å². The number of hydrogen-bond acceptors (Lipinski definition) is 4. The van der Waals surface area contributed by atoms with Crippen LogP contribution in [0.3, 0.4) is 0 Å². The number of imide groups is 1. The lowest BCUT2D eigenvalue weighted by Crippen LogP contribution is -2.31. The third-order valence-corrected chi connectivity index (χ3v) is 5.16. The molecule has 30 heavy (non-hydrogen) atoms. The standard InChI is InChI=1S/C22H22BrClN2O4/c1-3-9-26-21(27)18(25-22(26)28)11-15-10-17(24)20(19(12-15)29-4-2)30-13-14-5-7-16(23)8-6-14/h5-8,10-12H,3-4,9,13H2,1-2H3,(H,25,28)/b18-11+. The molecule has 1 aliphatic heterocycles. The van der Waals surface area contributed by atoms with Gasteiger partial charge in [-0.05, 0) is 54.8 Å². The number of rotatable bonds is 8. The van der Waals surface area contributed by atoms with Crippen LogP contribution < -0.4 is 14.8 Å². The molecule has 6 nitrogen and oxygen atoms in total. The van der Waals surface area contributed by atoms with E-state index >= 15 is 0 Å². The molecule has 0 radical (unpaired) electrons. The van der Waals surface area contributed by atoms with E-state index in [9.17, 15) is 9.59 Å². The SMILES string of the molecule is CCCN1C(=O)N/C(=C/c2cc(Cl)c(OCc3ccc(Br)cc3)c(OCC)c2)C1=O. The van der Waals surface area contributed by atoms with Crippen LogP contribution in [-0.4, -0.2) is 30.0 Å². The van der Waals surface area contributed by atoms with Crippen molar-refractivity contribution in [3.8, 4) is 11.5 Å². The highest BCUT2D eigenvalue weighted by atomic mass is 79.9. The molecular formula is C22H22BrClN2O4. The molecule has 1 N–H and O–H groups in total. The monoisotopic (exact) mass is 492 g/mol. The van der Waals surface area contributed by atoms with Gasteiger partial charge in [0.15, 0.2) is 11.5 Å². The molecule has 2 aromatic rings. The molecule has 0 spiro atoms. The van der Waals surface area contributed by atoms with Crippen LogP contribution in [-0.2, 0) is 11.4 Å². The van der Waals surface area contributed by atoms with Crippen molar-refractivity contribution < 1.29 is 19.1 Å². The van der Waals surface area contributed by atoms with Crippen LogP contribution in [0, 0.1) is 0 Å². The quantitative estimate of drug-likeness (QED) is 0.396. The van der Waals surface area contributed by atoms with Crippen LogP contribution in [0.4, 0.5) is 4.79 Å². The number of urea groups is 1. The van der Waals surface area contributed by atoms with Gasteiger partial charge in [0.25, 0.3) is 5.91 Å². The fraction of sp³-hybridized carbons (Fsp3) is 0.273. The van der Waals surface area contributed by atoms with E-state index in [1.165, 1.54) is 4.90 Å². The van der Waals surface area contributed by atoms with Gasteiger partial charge in [-0.1, -0.05) is 46.6 Å². The molecular weight excluding hydrogens is 472 g/mol. The van der Waals surface area contributed by atoms with Crippen LogP contribution in [0.5, 0.6) is 11.5 Å². The maximum Gasteiger partial charge on any atom is 0.329 e. The molecule has 1 saturated heterocycles. The number of carbonyl (C=O) groups is 2. The van der Waals surface area contributed by atoms with Gasteiger partial charge in [0.2, 0.25) is 0 Å². The summed E-state index contributed by atoms with van der Waals surface area (Å²) in [7, 11) is 0. The Bertz CT molecular complexity index is 976. The van der Waals surface area contributed by atoms with E-state index in [4.69, 9.17) is 21.1 Å². The summed E-state index contributed by atoms with van der Waals surface area (Å²) in [4.78, 5) is 25.6. The first-order valence-electron chi connectivity index (χ1n) is 9.61. The number of nitrogens with one attached hydrogen (secondary N) is 1. The summed E-state index contributed by atoms with van der Waals surface area (Å²) in [5.41, 5.74) is 1.81. The van der Waals surface area contributed by atoms with Crippen LogP contribution in [0.25, 0.3) is 6.08 Å². The zero-order chi connectivity index (χ0) is 21.7. The lowest BCUT2D eigenvalue weighted by atomic mass is 10.1. The van der Waals surface area contributed by atoms with Crippen LogP contribution in [0.2, 0.25) is 5.02 Å². The molecule has 8 heteroatoms. The zero-order valence-electron chi connectivity index (χ0n) is 16.7. The number of benzene rings is 2. The first-order chi connectivity index (χ1) is 14.4. The molecule has 0 unspecified atom stereocenters. The number of nitrogens with zero attached hydrogens (tertiary/aromatic N) is 1. The Morgan fingerprint density at radius 2 is 1.87 bits per heavy atom. The predicted molar refractivity (Wildman–Crippen MR) is 120 cm³/mol. The third kappa shape index (κ3) is 5.15. The largest absolute Gasteiger partial charge is 0.490 e. The highest BCUT2D eigenvalue weighted by molar-refractivity contribution is 9.10. The number of ether oxygens (including phenoxy) is 2. The Balaban J connectivity index is 1.85. The summed E-state index contributed by atoms with van der Waals surface area (Å²) in [6.07, 6.45) is 2.28. The van der Waals surface area contributed by atoms with Gasteiger partial charge in [0, 0.05) is 11.0 Å². The normalized spacial score (nSPS) is 14.9. The first-order valence-corrected chi connectivity index (χ1v) is 10.8. The maximum absolute atomic E-state index is 12.4. The lowest BCUT2D eigenvalue weighted by Gasteiger charge is -2.15. The summed E-state index contributed by atoms with van der Waals surface area (Å²) >= 11 is 9.87. The summed E-state index contributed by atoms with van der Waals surface area (Å²) in [5, 5.41) is 2.96. The lowest BCUT2D eigenvalue weighted by molar-refractivity contribution is -0.122. The van der Waals surface area contributed by atoms with Crippen molar-refractivity contribution in [2.24, 2.45) is 0 Å². The van der Waals surface area contributed by atoms with Crippen molar-refractivity contribution in [2.75, 3.05) is 13.2 Å². The van der Waals surface area contributed by atoms with Gasteiger partial charge < -0.3 is 14.8 Å². The van der Waals surface area contributed by atoms with Gasteiger partial charge in [0.05, 0.1) is 11.6 Å². The first kappa shape index (κ1) is 22.2. The molecule has 0 saturated carbocycles. The van der Waals surface area contributed by atoms with E-state index < -0.39 is 6.03 Å². The Kier molecular flexibility index (Phi) is 7.39. The molecule has 1 heterocycles. The van der Waals surface area contributed by atoms with Crippen molar-refractivity contribution in [1.82, 2.24) is 10.2 Å². The Morgan fingerprint density at radius 1 is 1.13 bits per heavy atom. The van der Waals surface area contributed by atoms with Gasteiger partial charge in [-0.25, -0.2) is 4.79 Å². The predicted octanol–water partition coefficient (Wildman–Crippen LogP) is 5.38. The summed E-state index contributed by atoms with van der Waals surface area (Å²) in [6, 6.07) is 10.8. The van der Waals surface area contributed by atoms with Crippen LogP contribution >= 0.6 is 27.5 Å². The minimum Gasteiger partial charge on any atom is -0.490 e. The van der Waals surface area contributed by atoms with Gasteiger partial charge in [-0.2, -0.15) is 0 Å².